The molecule has 2 aliphatic heterocycles. The second-order valence-corrected chi connectivity index (χ2v) is 5.76. The molecule has 1 spiro atoms. The Balaban J connectivity index is 2.03. The van der Waals surface area contributed by atoms with E-state index in [9.17, 15) is 0 Å². The molecule has 0 aromatic heterocycles. The first-order valence-corrected chi connectivity index (χ1v) is 6.51. The van der Waals surface area contributed by atoms with Crippen molar-refractivity contribution in [1.82, 2.24) is 5.32 Å². The van der Waals surface area contributed by atoms with Crippen molar-refractivity contribution < 1.29 is 4.74 Å². The molecule has 2 aliphatic rings. The van der Waals surface area contributed by atoms with Crippen molar-refractivity contribution >= 4 is 0 Å². The summed E-state index contributed by atoms with van der Waals surface area (Å²) >= 11 is 0. The number of hydrogen-bond donors (Lipinski definition) is 1. The van der Waals surface area contributed by atoms with Gasteiger partial charge in [0.2, 0.25) is 0 Å². The van der Waals surface area contributed by atoms with Crippen LogP contribution in [0.2, 0.25) is 0 Å². The number of hydrogen-bond acceptors (Lipinski definition) is 2. The van der Waals surface area contributed by atoms with Crippen molar-refractivity contribution in [3.8, 4) is 0 Å². The Morgan fingerprint density at radius 3 is 2.67 bits per heavy atom. The number of nitrogens with one attached hydrogen (secondary N) is 1. The molecule has 0 aromatic carbocycles. The van der Waals surface area contributed by atoms with Crippen molar-refractivity contribution in [3.63, 3.8) is 0 Å². The maximum absolute atomic E-state index is 5.53. The summed E-state index contributed by atoms with van der Waals surface area (Å²) in [6.45, 7) is 9.14. The van der Waals surface area contributed by atoms with E-state index in [0.29, 0.717) is 5.41 Å². The van der Waals surface area contributed by atoms with Crippen LogP contribution in [0, 0.1) is 17.3 Å². The summed E-state index contributed by atoms with van der Waals surface area (Å²) in [4.78, 5) is 0. The topological polar surface area (TPSA) is 21.3 Å². The lowest BCUT2D eigenvalue weighted by Gasteiger charge is -2.47. The van der Waals surface area contributed by atoms with Crippen LogP contribution in [0.1, 0.15) is 39.5 Å². The van der Waals surface area contributed by atoms with E-state index < -0.39 is 0 Å². The van der Waals surface area contributed by atoms with E-state index in [-0.39, 0.29) is 0 Å². The van der Waals surface area contributed by atoms with Gasteiger partial charge in [-0.25, -0.2) is 0 Å². The SMILES string of the molecule is CC(C)CC1CNCCC12CCOCC2. The Kier molecular flexibility index (Phi) is 3.68. The number of piperidine rings is 1. The largest absolute Gasteiger partial charge is 0.381 e. The van der Waals surface area contributed by atoms with Gasteiger partial charge in [-0.1, -0.05) is 13.8 Å². The molecule has 88 valence electrons. The summed E-state index contributed by atoms with van der Waals surface area (Å²) < 4.78 is 5.53. The first-order valence-electron chi connectivity index (χ1n) is 6.51. The summed E-state index contributed by atoms with van der Waals surface area (Å²) in [6.07, 6.45) is 5.35. The number of ether oxygens (including phenoxy) is 1. The van der Waals surface area contributed by atoms with Crippen LogP contribution < -0.4 is 5.32 Å². The van der Waals surface area contributed by atoms with Crippen molar-refractivity contribution in [2.75, 3.05) is 26.3 Å². The smallest absolute Gasteiger partial charge is 0.0471 e. The van der Waals surface area contributed by atoms with Crippen LogP contribution in [0.4, 0.5) is 0 Å². The summed E-state index contributed by atoms with van der Waals surface area (Å²) in [5.41, 5.74) is 0.619. The highest BCUT2D eigenvalue weighted by atomic mass is 16.5. The predicted molar refractivity (Wildman–Crippen MR) is 62.9 cm³/mol. The molecule has 2 nitrogen and oxygen atoms in total. The van der Waals surface area contributed by atoms with Crippen LogP contribution >= 0.6 is 0 Å². The molecular weight excluding hydrogens is 186 g/mol. The highest BCUT2D eigenvalue weighted by molar-refractivity contribution is 4.93. The lowest BCUT2D eigenvalue weighted by Crippen LogP contribution is -2.48. The zero-order valence-corrected chi connectivity index (χ0v) is 10.2. The molecular formula is C13H25NO. The second-order valence-electron chi connectivity index (χ2n) is 5.76. The summed E-state index contributed by atoms with van der Waals surface area (Å²) in [5.74, 6) is 1.71. The Morgan fingerprint density at radius 2 is 2.00 bits per heavy atom. The third-order valence-electron chi connectivity index (χ3n) is 4.30. The lowest BCUT2D eigenvalue weighted by atomic mass is 9.64. The van der Waals surface area contributed by atoms with E-state index in [1.807, 2.05) is 0 Å². The van der Waals surface area contributed by atoms with Crippen molar-refractivity contribution in [2.24, 2.45) is 17.3 Å². The van der Waals surface area contributed by atoms with Crippen LogP contribution in [0.3, 0.4) is 0 Å². The lowest BCUT2D eigenvalue weighted by molar-refractivity contribution is -0.0393. The van der Waals surface area contributed by atoms with Crippen LogP contribution in [0.5, 0.6) is 0 Å². The van der Waals surface area contributed by atoms with Crippen molar-refractivity contribution in [1.29, 1.82) is 0 Å². The molecule has 1 unspecified atom stereocenters. The summed E-state index contributed by atoms with van der Waals surface area (Å²) in [6, 6.07) is 0. The third-order valence-corrected chi connectivity index (χ3v) is 4.30. The third kappa shape index (κ3) is 2.54. The fraction of sp³-hybridized carbons (Fsp3) is 1.00. The van der Waals surface area contributed by atoms with Gasteiger partial charge in [-0.2, -0.15) is 0 Å². The van der Waals surface area contributed by atoms with Crippen LogP contribution in [-0.2, 0) is 4.74 Å². The van der Waals surface area contributed by atoms with Gasteiger partial charge < -0.3 is 10.1 Å². The van der Waals surface area contributed by atoms with Crippen LogP contribution in [0.25, 0.3) is 0 Å². The minimum absolute atomic E-state index is 0.619. The van der Waals surface area contributed by atoms with Gasteiger partial charge in [0.05, 0.1) is 0 Å². The molecule has 2 heteroatoms. The highest BCUT2D eigenvalue weighted by Gasteiger charge is 2.41. The average Bonchev–Trinajstić information content (AvgIpc) is 2.23. The minimum atomic E-state index is 0.619. The molecule has 1 N–H and O–H groups in total. The van der Waals surface area contributed by atoms with Gasteiger partial charge in [-0.05, 0) is 56.0 Å². The van der Waals surface area contributed by atoms with E-state index in [4.69, 9.17) is 4.74 Å². The quantitative estimate of drug-likeness (QED) is 0.757. The first-order chi connectivity index (χ1) is 7.23. The van der Waals surface area contributed by atoms with E-state index in [2.05, 4.69) is 19.2 Å². The number of rotatable bonds is 2. The molecule has 0 saturated carbocycles. The maximum Gasteiger partial charge on any atom is 0.0471 e. The molecule has 15 heavy (non-hydrogen) atoms. The minimum Gasteiger partial charge on any atom is -0.381 e. The van der Waals surface area contributed by atoms with Crippen LogP contribution in [0.15, 0.2) is 0 Å². The van der Waals surface area contributed by atoms with Crippen molar-refractivity contribution in [2.45, 2.75) is 39.5 Å². The predicted octanol–water partition coefficient (Wildman–Crippen LogP) is 2.44. The Bertz CT molecular complexity index is 188. The zero-order valence-electron chi connectivity index (χ0n) is 10.2. The molecule has 1 atom stereocenters. The molecule has 2 saturated heterocycles. The Hall–Kier alpha value is -0.0800. The summed E-state index contributed by atoms with van der Waals surface area (Å²) in [5, 5.41) is 3.57. The fourth-order valence-electron chi connectivity index (χ4n) is 3.37. The second kappa shape index (κ2) is 4.84. The van der Waals surface area contributed by atoms with Gasteiger partial charge in [-0.15, -0.1) is 0 Å². The molecule has 2 rings (SSSR count). The fourth-order valence-corrected chi connectivity index (χ4v) is 3.37. The zero-order chi connectivity index (χ0) is 10.7. The summed E-state index contributed by atoms with van der Waals surface area (Å²) in [7, 11) is 0. The van der Waals surface area contributed by atoms with E-state index in [1.165, 1.54) is 38.8 Å². The molecule has 0 radical (unpaired) electrons. The van der Waals surface area contributed by atoms with E-state index in [1.54, 1.807) is 0 Å². The molecule has 2 heterocycles. The molecule has 0 amide bonds. The van der Waals surface area contributed by atoms with E-state index >= 15 is 0 Å². The monoisotopic (exact) mass is 211 g/mol. The van der Waals surface area contributed by atoms with Gasteiger partial charge in [0.1, 0.15) is 0 Å². The molecule has 2 fully saturated rings. The average molecular weight is 211 g/mol. The highest BCUT2D eigenvalue weighted by Crippen LogP contribution is 2.45. The maximum atomic E-state index is 5.53. The van der Waals surface area contributed by atoms with Gasteiger partial charge in [0, 0.05) is 13.2 Å². The van der Waals surface area contributed by atoms with Gasteiger partial charge in [0.25, 0.3) is 0 Å². The standard InChI is InChI=1S/C13H25NO/c1-11(2)9-12-10-14-6-3-13(12)4-7-15-8-5-13/h11-12,14H,3-10H2,1-2H3. The van der Waals surface area contributed by atoms with Gasteiger partial charge >= 0.3 is 0 Å². The Labute approximate surface area is 93.8 Å². The van der Waals surface area contributed by atoms with Gasteiger partial charge in [0.15, 0.2) is 0 Å². The normalized spacial score (nSPS) is 31.0. The first kappa shape index (κ1) is 11.4. The Morgan fingerprint density at radius 1 is 1.27 bits per heavy atom. The molecule has 0 aliphatic carbocycles. The molecule has 0 aromatic rings. The van der Waals surface area contributed by atoms with Crippen molar-refractivity contribution in [3.05, 3.63) is 0 Å². The van der Waals surface area contributed by atoms with Gasteiger partial charge in [-0.3, -0.25) is 0 Å². The van der Waals surface area contributed by atoms with Crippen LogP contribution in [-0.4, -0.2) is 26.3 Å². The molecule has 0 bridgehead atoms. The van der Waals surface area contributed by atoms with E-state index in [0.717, 1.165) is 25.0 Å².